The van der Waals surface area contributed by atoms with Gasteiger partial charge in [-0.15, -0.1) is 0 Å². The predicted molar refractivity (Wildman–Crippen MR) is 106 cm³/mol. The topological polar surface area (TPSA) is 73.9 Å². The second-order valence-corrected chi connectivity index (χ2v) is 10.9. The molecule has 3 fully saturated rings. The maximum atomic E-state index is 12.3. The Morgan fingerprint density at radius 3 is 2.30 bits per heavy atom. The fourth-order valence-corrected chi connectivity index (χ4v) is 4.39. The van der Waals surface area contributed by atoms with Gasteiger partial charge in [0.2, 0.25) is 10.0 Å². The number of ether oxygens (including phenoxy) is 1. The summed E-state index contributed by atoms with van der Waals surface area (Å²) in [5, 5.41) is -0.274. The van der Waals surface area contributed by atoms with E-state index in [1.807, 2.05) is 33.8 Å². The van der Waals surface area contributed by atoms with Crippen molar-refractivity contribution in [3.63, 3.8) is 0 Å². The summed E-state index contributed by atoms with van der Waals surface area (Å²) in [5.74, 6) is 1.30. The molecule has 2 aliphatic carbocycles. The molecular weight excluding hydrogens is 365 g/mol. The zero-order valence-electron chi connectivity index (χ0n) is 16.4. The molecule has 4 rings (SSSR count). The van der Waals surface area contributed by atoms with Gasteiger partial charge in [-0.3, -0.25) is 4.72 Å². The maximum absolute atomic E-state index is 12.3. The van der Waals surface area contributed by atoms with Crippen LogP contribution in [0.25, 0.3) is 0 Å². The van der Waals surface area contributed by atoms with Crippen LogP contribution in [-0.4, -0.2) is 38.6 Å². The van der Waals surface area contributed by atoms with Crippen LogP contribution >= 0.6 is 0 Å². The van der Waals surface area contributed by atoms with Gasteiger partial charge in [-0.2, -0.15) is 0 Å². The Balaban J connectivity index is 1.62. The van der Waals surface area contributed by atoms with E-state index in [4.69, 9.17) is 14.0 Å². The minimum absolute atomic E-state index is 0.274. The fraction of sp³-hybridized carbons (Fsp3) is 0.684. The van der Waals surface area contributed by atoms with E-state index < -0.39 is 28.3 Å². The van der Waals surface area contributed by atoms with Crippen molar-refractivity contribution in [2.75, 3.05) is 11.3 Å². The summed E-state index contributed by atoms with van der Waals surface area (Å²) in [6.07, 6.45) is 3.85. The van der Waals surface area contributed by atoms with Crippen LogP contribution in [0.2, 0.25) is 0 Å². The number of anilines is 1. The SMILES string of the molecule is CC1(C)OB(c2cc(NS(=O)(=O)C3CC3)ccc2OCC2CC2)OC1(C)C. The van der Waals surface area contributed by atoms with Crippen LogP contribution in [0.3, 0.4) is 0 Å². The van der Waals surface area contributed by atoms with Crippen LogP contribution < -0.4 is 14.9 Å². The average molecular weight is 393 g/mol. The smallest absolute Gasteiger partial charge is 0.494 e. The van der Waals surface area contributed by atoms with Crippen LogP contribution in [0.4, 0.5) is 5.69 Å². The first-order valence-electron chi connectivity index (χ1n) is 9.71. The molecule has 148 valence electrons. The maximum Gasteiger partial charge on any atom is 0.498 e. The molecular formula is C19H28BNO5S. The predicted octanol–water partition coefficient (Wildman–Crippen LogP) is 2.68. The molecule has 0 atom stereocenters. The number of rotatable bonds is 7. The van der Waals surface area contributed by atoms with E-state index in [2.05, 4.69) is 4.72 Å². The largest absolute Gasteiger partial charge is 0.498 e. The summed E-state index contributed by atoms with van der Waals surface area (Å²) in [5.41, 5.74) is 0.292. The van der Waals surface area contributed by atoms with Crippen molar-refractivity contribution in [3.05, 3.63) is 18.2 Å². The van der Waals surface area contributed by atoms with Crippen molar-refractivity contribution in [1.82, 2.24) is 0 Å². The summed E-state index contributed by atoms with van der Waals surface area (Å²) in [4.78, 5) is 0. The van der Waals surface area contributed by atoms with Gasteiger partial charge in [0.05, 0.1) is 23.1 Å². The Hall–Kier alpha value is -1.25. The molecule has 1 aromatic rings. The average Bonchev–Trinajstić information content (AvgIpc) is 3.45. The number of benzene rings is 1. The third-order valence-electron chi connectivity index (χ3n) is 5.91. The third-order valence-corrected chi connectivity index (χ3v) is 7.78. The van der Waals surface area contributed by atoms with Crippen LogP contribution in [0, 0.1) is 5.92 Å². The number of sulfonamides is 1. The van der Waals surface area contributed by atoms with E-state index in [0.29, 0.717) is 24.0 Å². The van der Waals surface area contributed by atoms with Crippen molar-refractivity contribution in [1.29, 1.82) is 0 Å². The van der Waals surface area contributed by atoms with Crippen LogP contribution in [0.5, 0.6) is 5.75 Å². The molecule has 1 saturated heterocycles. The van der Waals surface area contributed by atoms with E-state index in [0.717, 1.165) is 18.3 Å². The lowest BCUT2D eigenvalue weighted by molar-refractivity contribution is 0.00578. The summed E-state index contributed by atoms with van der Waals surface area (Å²) in [6, 6.07) is 5.34. The normalized spacial score (nSPS) is 24.1. The first kappa shape index (κ1) is 19.1. The molecule has 1 N–H and O–H groups in total. The van der Waals surface area contributed by atoms with Gasteiger partial charge in [0.1, 0.15) is 5.75 Å². The van der Waals surface area contributed by atoms with Gasteiger partial charge in [0.15, 0.2) is 0 Å². The molecule has 1 aliphatic heterocycles. The molecule has 1 aromatic carbocycles. The molecule has 0 amide bonds. The van der Waals surface area contributed by atoms with Gasteiger partial charge >= 0.3 is 7.12 Å². The molecule has 0 bridgehead atoms. The fourth-order valence-electron chi connectivity index (χ4n) is 3.02. The van der Waals surface area contributed by atoms with E-state index >= 15 is 0 Å². The highest BCUT2D eigenvalue weighted by Gasteiger charge is 2.52. The van der Waals surface area contributed by atoms with Crippen molar-refractivity contribution >= 4 is 28.3 Å². The Morgan fingerprint density at radius 1 is 1.11 bits per heavy atom. The monoisotopic (exact) mass is 393 g/mol. The molecule has 0 radical (unpaired) electrons. The van der Waals surface area contributed by atoms with Gasteiger partial charge in [-0.25, -0.2) is 8.42 Å². The highest BCUT2D eigenvalue weighted by molar-refractivity contribution is 7.93. The molecule has 27 heavy (non-hydrogen) atoms. The second-order valence-electron chi connectivity index (χ2n) is 8.94. The van der Waals surface area contributed by atoms with Crippen LogP contribution in [0.1, 0.15) is 53.4 Å². The van der Waals surface area contributed by atoms with E-state index in [1.165, 1.54) is 12.8 Å². The summed E-state index contributed by atoms with van der Waals surface area (Å²) in [6.45, 7) is 8.66. The second kappa shape index (κ2) is 6.39. The van der Waals surface area contributed by atoms with E-state index in [9.17, 15) is 8.42 Å². The van der Waals surface area contributed by atoms with Crippen molar-refractivity contribution in [3.8, 4) is 5.75 Å². The summed E-state index contributed by atoms with van der Waals surface area (Å²) >= 11 is 0. The summed E-state index contributed by atoms with van der Waals surface area (Å²) < 4.78 is 45.7. The molecule has 2 saturated carbocycles. The molecule has 1 heterocycles. The van der Waals surface area contributed by atoms with Gasteiger partial charge < -0.3 is 14.0 Å². The lowest BCUT2D eigenvalue weighted by Gasteiger charge is -2.32. The highest BCUT2D eigenvalue weighted by Crippen LogP contribution is 2.38. The quantitative estimate of drug-likeness (QED) is 0.721. The number of hydrogen-bond acceptors (Lipinski definition) is 5. The number of nitrogens with one attached hydrogen (secondary N) is 1. The molecule has 0 aromatic heterocycles. The van der Waals surface area contributed by atoms with Crippen molar-refractivity contribution in [2.24, 2.45) is 5.92 Å². The van der Waals surface area contributed by atoms with E-state index in [1.54, 1.807) is 12.1 Å². The first-order valence-corrected chi connectivity index (χ1v) is 11.3. The van der Waals surface area contributed by atoms with Gasteiger partial charge in [-0.1, -0.05) is 0 Å². The Morgan fingerprint density at radius 2 is 1.74 bits per heavy atom. The van der Waals surface area contributed by atoms with Gasteiger partial charge in [0.25, 0.3) is 0 Å². The van der Waals surface area contributed by atoms with E-state index in [-0.39, 0.29) is 5.25 Å². The zero-order valence-corrected chi connectivity index (χ0v) is 17.3. The standard InChI is InChI=1S/C19H28BNO5S/c1-18(2)19(3,4)26-20(25-18)16-11-14(21-27(22,23)15-8-9-15)7-10-17(16)24-12-13-5-6-13/h7,10-11,13,15,21H,5-6,8-9,12H2,1-4H3. The minimum Gasteiger partial charge on any atom is -0.494 e. The number of hydrogen-bond donors (Lipinski definition) is 1. The third kappa shape index (κ3) is 3.98. The molecule has 6 nitrogen and oxygen atoms in total. The molecule has 0 unspecified atom stereocenters. The Kier molecular flexibility index (Phi) is 4.52. The lowest BCUT2D eigenvalue weighted by atomic mass is 9.78. The Bertz CT molecular complexity index is 815. The van der Waals surface area contributed by atoms with Crippen LogP contribution in [0.15, 0.2) is 18.2 Å². The highest BCUT2D eigenvalue weighted by atomic mass is 32.2. The molecule has 8 heteroatoms. The van der Waals surface area contributed by atoms with Crippen molar-refractivity contribution in [2.45, 2.75) is 69.8 Å². The van der Waals surface area contributed by atoms with Gasteiger partial charge in [0, 0.05) is 11.2 Å². The van der Waals surface area contributed by atoms with Crippen molar-refractivity contribution < 1.29 is 22.5 Å². The minimum atomic E-state index is -3.33. The van der Waals surface area contributed by atoms with Crippen LogP contribution in [-0.2, 0) is 19.3 Å². The lowest BCUT2D eigenvalue weighted by Crippen LogP contribution is -2.41. The first-order chi connectivity index (χ1) is 12.6. The Labute approximate surface area is 162 Å². The molecule has 3 aliphatic rings. The molecule has 0 spiro atoms. The zero-order chi connectivity index (χ0) is 19.4. The summed E-state index contributed by atoms with van der Waals surface area (Å²) in [7, 11) is -3.93. The van der Waals surface area contributed by atoms with Gasteiger partial charge in [-0.05, 0) is 77.5 Å².